The first kappa shape index (κ1) is 7.79. The molecular formula is C10H12N4. The fourth-order valence-electron chi connectivity index (χ4n) is 1.73. The molecule has 1 aliphatic carbocycles. The lowest BCUT2D eigenvalue weighted by molar-refractivity contribution is 0.741. The van der Waals surface area contributed by atoms with Crippen LogP contribution in [0.5, 0.6) is 0 Å². The van der Waals surface area contributed by atoms with Gasteiger partial charge in [0.25, 0.3) is 0 Å². The van der Waals surface area contributed by atoms with Crippen molar-refractivity contribution in [3.63, 3.8) is 0 Å². The van der Waals surface area contributed by atoms with Gasteiger partial charge in [0.1, 0.15) is 5.69 Å². The number of hydrogen-bond donors (Lipinski definition) is 0. The quantitative estimate of drug-likeness (QED) is 0.717. The van der Waals surface area contributed by atoms with Gasteiger partial charge in [0.2, 0.25) is 0 Å². The maximum Gasteiger partial charge on any atom is 0.158 e. The van der Waals surface area contributed by atoms with Crippen molar-refractivity contribution in [2.45, 2.75) is 18.9 Å². The molecule has 2 aromatic heterocycles. The SMILES string of the molecule is Cn1cncc1-c1nccn1C1CC1. The van der Waals surface area contributed by atoms with Crippen LogP contribution in [0.2, 0.25) is 0 Å². The van der Waals surface area contributed by atoms with E-state index < -0.39 is 0 Å². The zero-order valence-corrected chi connectivity index (χ0v) is 8.09. The minimum Gasteiger partial charge on any atom is -0.331 e. The molecule has 0 saturated heterocycles. The smallest absolute Gasteiger partial charge is 0.158 e. The molecule has 2 aromatic rings. The Labute approximate surface area is 82.2 Å². The summed E-state index contributed by atoms with van der Waals surface area (Å²) in [4.78, 5) is 8.49. The van der Waals surface area contributed by atoms with E-state index in [2.05, 4.69) is 20.7 Å². The first-order chi connectivity index (χ1) is 6.86. The Balaban J connectivity index is 2.11. The number of aryl methyl sites for hydroxylation is 1. The summed E-state index contributed by atoms with van der Waals surface area (Å²) in [7, 11) is 1.99. The highest BCUT2D eigenvalue weighted by Crippen LogP contribution is 2.37. The van der Waals surface area contributed by atoms with Crippen molar-refractivity contribution >= 4 is 0 Å². The number of hydrogen-bond acceptors (Lipinski definition) is 2. The zero-order chi connectivity index (χ0) is 9.54. The van der Waals surface area contributed by atoms with Crippen LogP contribution < -0.4 is 0 Å². The minimum atomic E-state index is 0.669. The average molecular weight is 188 g/mol. The molecule has 4 nitrogen and oxygen atoms in total. The molecule has 1 fully saturated rings. The van der Waals surface area contributed by atoms with Crippen molar-refractivity contribution in [2.75, 3.05) is 0 Å². The number of rotatable bonds is 2. The Bertz CT molecular complexity index is 450. The standard InChI is InChI=1S/C10H12N4/c1-13-7-11-6-9(13)10-12-4-5-14(10)8-2-3-8/h4-8H,2-3H2,1H3. The first-order valence-corrected chi connectivity index (χ1v) is 4.86. The molecule has 0 radical (unpaired) electrons. The fraction of sp³-hybridized carbons (Fsp3) is 0.400. The predicted octanol–water partition coefficient (Wildman–Crippen LogP) is 1.62. The number of aromatic nitrogens is 4. The molecule has 3 rings (SSSR count). The molecule has 14 heavy (non-hydrogen) atoms. The van der Waals surface area contributed by atoms with Crippen LogP contribution >= 0.6 is 0 Å². The minimum absolute atomic E-state index is 0.669. The first-order valence-electron chi connectivity index (χ1n) is 4.86. The van der Waals surface area contributed by atoms with Crippen LogP contribution in [0, 0.1) is 0 Å². The van der Waals surface area contributed by atoms with E-state index in [9.17, 15) is 0 Å². The lowest BCUT2D eigenvalue weighted by Crippen LogP contribution is -1.99. The molecule has 0 atom stereocenters. The summed E-state index contributed by atoms with van der Waals surface area (Å²) in [5, 5.41) is 0. The Morgan fingerprint density at radius 3 is 2.93 bits per heavy atom. The Morgan fingerprint density at radius 1 is 1.43 bits per heavy atom. The van der Waals surface area contributed by atoms with Gasteiger partial charge in [0.05, 0.1) is 12.5 Å². The van der Waals surface area contributed by atoms with Gasteiger partial charge in [-0.05, 0) is 12.8 Å². The molecule has 0 amide bonds. The summed E-state index contributed by atoms with van der Waals surface area (Å²) >= 11 is 0. The molecule has 0 aliphatic heterocycles. The predicted molar refractivity (Wildman–Crippen MR) is 52.7 cm³/mol. The molecule has 1 aliphatic rings. The molecule has 72 valence electrons. The third-order valence-electron chi connectivity index (χ3n) is 2.65. The van der Waals surface area contributed by atoms with Crippen molar-refractivity contribution < 1.29 is 0 Å². The highest BCUT2D eigenvalue weighted by atomic mass is 15.2. The van der Waals surface area contributed by atoms with Gasteiger partial charge < -0.3 is 9.13 Å². The molecule has 0 aromatic carbocycles. The molecule has 0 spiro atoms. The fourth-order valence-corrected chi connectivity index (χ4v) is 1.73. The summed E-state index contributed by atoms with van der Waals surface area (Å²) in [6, 6.07) is 0.669. The average Bonchev–Trinajstić information content (AvgIpc) is 2.75. The lowest BCUT2D eigenvalue weighted by atomic mass is 10.4. The lowest BCUT2D eigenvalue weighted by Gasteiger charge is -2.05. The van der Waals surface area contributed by atoms with Crippen molar-refractivity contribution in [3.05, 3.63) is 24.9 Å². The third kappa shape index (κ3) is 1.07. The van der Waals surface area contributed by atoms with Crippen LogP contribution in [0.25, 0.3) is 11.5 Å². The molecule has 1 saturated carbocycles. The second kappa shape index (κ2) is 2.70. The van der Waals surface area contributed by atoms with Crippen molar-refractivity contribution in [2.24, 2.45) is 7.05 Å². The molecule has 4 heteroatoms. The topological polar surface area (TPSA) is 35.6 Å². The van der Waals surface area contributed by atoms with E-state index in [0.717, 1.165) is 11.5 Å². The van der Waals surface area contributed by atoms with E-state index in [-0.39, 0.29) is 0 Å². The van der Waals surface area contributed by atoms with Gasteiger partial charge in [-0.1, -0.05) is 0 Å². The van der Waals surface area contributed by atoms with Crippen LogP contribution in [0.1, 0.15) is 18.9 Å². The summed E-state index contributed by atoms with van der Waals surface area (Å²) in [6.45, 7) is 0. The molecular weight excluding hydrogens is 176 g/mol. The zero-order valence-electron chi connectivity index (χ0n) is 8.09. The van der Waals surface area contributed by atoms with E-state index in [1.807, 2.05) is 24.0 Å². The van der Waals surface area contributed by atoms with E-state index in [0.29, 0.717) is 6.04 Å². The van der Waals surface area contributed by atoms with E-state index in [1.165, 1.54) is 12.8 Å². The van der Waals surface area contributed by atoms with Crippen molar-refractivity contribution in [1.29, 1.82) is 0 Å². The number of nitrogens with zero attached hydrogens (tertiary/aromatic N) is 4. The van der Waals surface area contributed by atoms with E-state index >= 15 is 0 Å². The Kier molecular flexibility index (Phi) is 1.50. The van der Waals surface area contributed by atoms with E-state index in [4.69, 9.17) is 0 Å². The Morgan fingerprint density at radius 2 is 2.29 bits per heavy atom. The van der Waals surface area contributed by atoms with Gasteiger partial charge in [-0.15, -0.1) is 0 Å². The van der Waals surface area contributed by atoms with Crippen LogP contribution in [0.3, 0.4) is 0 Å². The van der Waals surface area contributed by atoms with Gasteiger partial charge in [-0.2, -0.15) is 0 Å². The second-order valence-electron chi connectivity index (χ2n) is 3.78. The summed E-state index contributed by atoms with van der Waals surface area (Å²) in [5.74, 6) is 1.03. The van der Waals surface area contributed by atoms with Crippen LogP contribution in [0.4, 0.5) is 0 Å². The normalized spacial score (nSPS) is 16.1. The largest absolute Gasteiger partial charge is 0.331 e. The Hall–Kier alpha value is -1.58. The molecule has 2 heterocycles. The molecule has 0 bridgehead atoms. The van der Waals surface area contributed by atoms with Crippen LogP contribution in [-0.2, 0) is 7.05 Å². The molecule has 0 unspecified atom stereocenters. The van der Waals surface area contributed by atoms with Gasteiger partial charge >= 0.3 is 0 Å². The van der Waals surface area contributed by atoms with Crippen LogP contribution in [0.15, 0.2) is 24.9 Å². The van der Waals surface area contributed by atoms with Crippen LogP contribution in [-0.4, -0.2) is 19.1 Å². The third-order valence-corrected chi connectivity index (χ3v) is 2.65. The van der Waals surface area contributed by atoms with Gasteiger partial charge in [0, 0.05) is 25.5 Å². The van der Waals surface area contributed by atoms with E-state index in [1.54, 1.807) is 6.33 Å². The number of imidazole rings is 2. The molecule has 0 N–H and O–H groups in total. The van der Waals surface area contributed by atoms with Crippen molar-refractivity contribution in [1.82, 2.24) is 19.1 Å². The second-order valence-corrected chi connectivity index (χ2v) is 3.78. The summed E-state index contributed by atoms with van der Waals surface area (Å²) in [5.41, 5.74) is 1.09. The monoisotopic (exact) mass is 188 g/mol. The van der Waals surface area contributed by atoms with Gasteiger partial charge in [-0.25, -0.2) is 9.97 Å². The van der Waals surface area contributed by atoms with Gasteiger partial charge in [0.15, 0.2) is 5.82 Å². The maximum atomic E-state index is 4.38. The highest BCUT2D eigenvalue weighted by Gasteiger charge is 2.26. The van der Waals surface area contributed by atoms with Crippen molar-refractivity contribution in [3.8, 4) is 11.5 Å². The maximum absolute atomic E-state index is 4.38. The summed E-state index contributed by atoms with van der Waals surface area (Å²) in [6.07, 6.45) is 10.1. The highest BCUT2D eigenvalue weighted by molar-refractivity contribution is 5.49. The summed E-state index contributed by atoms with van der Waals surface area (Å²) < 4.78 is 4.25. The van der Waals surface area contributed by atoms with Gasteiger partial charge in [-0.3, -0.25) is 0 Å².